The Bertz CT molecular complexity index is 1350. The summed E-state index contributed by atoms with van der Waals surface area (Å²) in [6.07, 6.45) is 4.09. The second kappa shape index (κ2) is 8.36. The van der Waals surface area contributed by atoms with E-state index in [1.807, 2.05) is 23.1 Å². The predicted octanol–water partition coefficient (Wildman–Crippen LogP) is 1.95. The molecular formula is C25H26N8O2. The molecule has 1 spiro atoms. The topological polar surface area (TPSA) is 114 Å². The molecule has 5 heterocycles. The van der Waals surface area contributed by atoms with E-state index in [1.54, 1.807) is 6.20 Å². The summed E-state index contributed by atoms with van der Waals surface area (Å²) in [5, 5.41) is 18.4. The van der Waals surface area contributed by atoms with Gasteiger partial charge in [-0.2, -0.15) is 15.3 Å². The number of hydrogen-bond acceptors (Lipinski definition) is 8. The molecule has 35 heavy (non-hydrogen) atoms. The molecule has 1 aromatic carbocycles. The number of nitriles is 1. The number of carbonyl (C=O) groups is 1. The molecule has 0 unspecified atom stereocenters. The van der Waals surface area contributed by atoms with Crippen molar-refractivity contribution < 1.29 is 9.53 Å². The first kappa shape index (κ1) is 21.6. The van der Waals surface area contributed by atoms with Crippen molar-refractivity contribution in [2.24, 2.45) is 5.41 Å². The first-order valence-electron chi connectivity index (χ1n) is 11.8. The highest BCUT2D eigenvalue weighted by Gasteiger charge is 2.49. The van der Waals surface area contributed by atoms with E-state index in [-0.39, 0.29) is 11.3 Å². The van der Waals surface area contributed by atoms with Gasteiger partial charge in [0, 0.05) is 55.6 Å². The highest BCUT2D eigenvalue weighted by Crippen LogP contribution is 2.43. The van der Waals surface area contributed by atoms with Gasteiger partial charge >= 0.3 is 0 Å². The maximum atomic E-state index is 12.0. The van der Waals surface area contributed by atoms with Crippen LogP contribution in [0.1, 0.15) is 12.0 Å². The van der Waals surface area contributed by atoms with Gasteiger partial charge in [0.25, 0.3) is 0 Å². The molecule has 0 atom stereocenters. The van der Waals surface area contributed by atoms with Crippen LogP contribution in [-0.2, 0) is 9.53 Å². The lowest BCUT2D eigenvalue weighted by molar-refractivity contribution is -0.136. The first-order chi connectivity index (χ1) is 17.1. The van der Waals surface area contributed by atoms with Gasteiger partial charge in [-0.05, 0) is 18.6 Å². The van der Waals surface area contributed by atoms with Crippen molar-refractivity contribution in [3.63, 3.8) is 0 Å². The Morgan fingerprint density at radius 1 is 1.17 bits per heavy atom. The van der Waals surface area contributed by atoms with Gasteiger partial charge in [-0.1, -0.05) is 18.7 Å². The van der Waals surface area contributed by atoms with Crippen molar-refractivity contribution >= 4 is 28.6 Å². The van der Waals surface area contributed by atoms with Crippen LogP contribution >= 0.6 is 0 Å². The Morgan fingerprint density at radius 3 is 2.77 bits per heavy atom. The number of ether oxygens (including phenoxy) is 1. The number of aromatic nitrogens is 4. The molecule has 1 amide bonds. The van der Waals surface area contributed by atoms with E-state index in [0.717, 1.165) is 36.0 Å². The van der Waals surface area contributed by atoms with E-state index in [9.17, 15) is 10.1 Å². The fraction of sp³-hybridized carbons (Fsp3) is 0.400. The normalized spacial score (nSPS) is 19.1. The third kappa shape index (κ3) is 3.59. The van der Waals surface area contributed by atoms with E-state index >= 15 is 0 Å². The predicted molar refractivity (Wildman–Crippen MR) is 131 cm³/mol. The van der Waals surface area contributed by atoms with Crippen molar-refractivity contribution in [3.8, 4) is 17.3 Å². The number of carbonyl (C=O) groups excluding carboxylic acids is 1. The number of nitrogens with zero attached hydrogens (tertiary/aromatic N) is 7. The minimum atomic E-state index is -0.0288. The highest BCUT2D eigenvalue weighted by atomic mass is 16.5. The van der Waals surface area contributed by atoms with Crippen molar-refractivity contribution in [1.29, 1.82) is 5.26 Å². The number of morpholine rings is 1. The summed E-state index contributed by atoms with van der Waals surface area (Å²) in [5.41, 5.74) is 2.85. The van der Waals surface area contributed by atoms with Gasteiger partial charge in [0.05, 0.1) is 30.6 Å². The Kier molecular flexibility index (Phi) is 5.15. The van der Waals surface area contributed by atoms with Crippen molar-refractivity contribution in [1.82, 2.24) is 25.1 Å². The van der Waals surface area contributed by atoms with Gasteiger partial charge in [0.15, 0.2) is 5.82 Å². The summed E-state index contributed by atoms with van der Waals surface area (Å²) in [4.78, 5) is 28.0. The highest BCUT2D eigenvalue weighted by molar-refractivity contribution is 5.95. The van der Waals surface area contributed by atoms with E-state index in [2.05, 4.69) is 32.6 Å². The van der Waals surface area contributed by atoms with Crippen molar-refractivity contribution in [3.05, 3.63) is 42.6 Å². The number of anilines is 2. The molecule has 3 aromatic rings. The Hall–Kier alpha value is -3.97. The van der Waals surface area contributed by atoms with Crippen LogP contribution in [0.4, 0.5) is 11.8 Å². The summed E-state index contributed by atoms with van der Waals surface area (Å²) in [5.74, 6) is 1.24. The molecule has 10 heteroatoms. The van der Waals surface area contributed by atoms with Crippen LogP contribution in [0.5, 0.6) is 0 Å². The van der Waals surface area contributed by atoms with E-state index in [1.165, 1.54) is 6.08 Å². The van der Waals surface area contributed by atoms with Gasteiger partial charge in [-0.3, -0.25) is 9.89 Å². The summed E-state index contributed by atoms with van der Waals surface area (Å²) >= 11 is 0. The van der Waals surface area contributed by atoms with Gasteiger partial charge in [-0.15, -0.1) is 0 Å². The maximum absolute atomic E-state index is 12.0. The number of H-pyrrole nitrogens is 1. The van der Waals surface area contributed by atoms with Gasteiger partial charge in [0.2, 0.25) is 11.9 Å². The molecule has 3 aliphatic rings. The smallest absolute Gasteiger partial charge is 0.245 e. The Balaban J connectivity index is 1.42. The van der Waals surface area contributed by atoms with Crippen LogP contribution in [0, 0.1) is 16.7 Å². The average Bonchev–Trinajstić information content (AvgIpc) is 3.55. The van der Waals surface area contributed by atoms with Crippen LogP contribution in [-0.4, -0.2) is 83.5 Å². The number of likely N-dealkylation sites (tertiary alicyclic amines) is 1. The molecule has 1 N–H and O–H groups in total. The number of benzene rings is 1. The van der Waals surface area contributed by atoms with Crippen LogP contribution in [0.2, 0.25) is 0 Å². The van der Waals surface area contributed by atoms with Gasteiger partial charge < -0.3 is 19.4 Å². The largest absolute Gasteiger partial charge is 0.378 e. The SMILES string of the molecule is C=CC(=O)N1CC2(CCN(c3nc(N4CCOCC4)nc(-c4cccc5[nH]ncc45)c3C#N)C2)C1. The number of aromatic amines is 1. The molecule has 0 aliphatic carbocycles. The average molecular weight is 471 g/mol. The molecular weight excluding hydrogens is 444 g/mol. The lowest BCUT2D eigenvalue weighted by Gasteiger charge is -2.47. The Morgan fingerprint density at radius 2 is 2.00 bits per heavy atom. The third-order valence-corrected chi connectivity index (χ3v) is 7.30. The zero-order valence-corrected chi connectivity index (χ0v) is 19.4. The number of hydrogen-bond donors (Lipinski definition) is 1. The number of amides is 1. The number of rotatable bonds is 4. The van der Waals surface area contributed by atoms with E-state index < -0.39 is 0 Å². The monoisotopic (exact) mass is 470 g/mol. The summed E-state index contributed by atoms with van der Waals surface area (Å²) < 4.78 is 5.53. The molecule has 0 radical (unpaired) electrons. The Labute approximate surface area is 202 Å². The molecule has 0 saturated carbocycles. The van der Waals surface area contributed by atoms with Gasteiger partial charge in [0.1, 0.15) is 11.6 Å². The quantitative estimate of drug-likeness (QED) is 0.576. The third-order valence-electron chi connectivity index (χ3n) is 7.30. The van der Waals surface area contributed by atoms with Crippen LogP contribution in [0.15, 0.2) is 37.1 Å². The molecule has 10 nitrogen and oxygen atoms in total. The summed E-state index contributed by atoms with van der Waals surface area (Å²) in [7, 11) is 0. The van der Waals surface area contributed by atoms with E-state index in [4.69, 9.17) is 14.7 Å². The zero-order chi connectivity index (χ0) is 24.0. The van der Waals surface area contributed by atoms with Crippen LogP contribution in [0.3, 0.4) is 0 Å². The standard InChI is InChI=1S/C25H26N8O2/c1-2-21(34)33-15-25(16-33)6-7-32(14-25)23-18(12-26)22(17-4-3-5-20-19(17)13-27-30-20)28-24(29-23)31-8-10-35-11-9-31/h2-5,13H,1,6-11,14-16H2,(H,27,30). The molecule has 3 saturated heterocycles. The molecule has 6 rings (SSSR count). The number of nitrogens with one attached hydrogen (secondary N) is 1. The molecule has 3 aliphatic heterocycles. The van der Waals surface area contributed by atoms with Gasteiger partial charge in [-0.25, -0.2) is 4.98 Å². The fourth-order valence-corrected chi connectivity index (χ4v) is 5.47. The molecule has 0 bridgehead atoms. The minimum Gasteiger partial charge on any atom is -0.378 e. The zero-order valence-electron chi connectivity index (χ0n) is 19.4. The number of fused-ring (bicyclic) bond motifs is 1. The molecule has 3 fully saturated rings. The second-order valence-corrected chi connectivity index (χ2v) is 9.49. The van der Waals surface area contributed by atoms with Crippen LogP contribution < -0.4 is 9.80 Å². The molecule has 2 aromatic heterocycles. The minimum absolute atomic E-state index is 0.0280. The lowest BCUT2D eigenvalue weighted by Crippen LogP contribution is -2.59. The second-order valence-electron chi connectivity index (χ2n) is 9.49. The first-order valence-corrected chi connectivity index (χ1v) is 11.8. The summed E-state index contributed by atoms with van der Waals surface area (Å²) in [6, 6.07) is 8.28. The maximum Gasteiger partial charge on any atom is 0.245 e. The van der Waals surface area contributed by atoms with Crippen molar-refractivity contribution in [2.75, 3.05) is 62.3 Å². The fourth-order valence-electron chi connectivity index (χ4n) is 5.47. The molecule has 178 valence electrons. The van der Waals surface area contributed by atoms with Crippen molar-refractivity contribution in [2.45, 2.75) is 6.42 Å². The van der Waals surface area contributed by atoms with E-state index in [0.29, 0.717) is 62.4 Å². The lowest BCUT2D eigenvalue weighted by atomic mass is 9.79. The van der Waals surface area contributed by atoms with Crippen LogP contribution in [0.25, 0.3) is 22.2 Å². The summed E-state index contributed by atoms with van der Waals surface area (Å²) in [6.45, 7) is 9.17.